The van der Waals surface area contributed by atoms with Crippen LogP contribution in [0.2, 0.25) is 0 Å². The lowest BCUT2D eigenvalue weighted by Gasteiger charge is -2.23. The largest absolute Gasteiger partial charge is 0.507 e. The summed E-state index contributed by atoms with van der Waals surface area (Å²) in [5, 5.41) is 47.7. The van der Waals surface area contributed by atoms with E-state index in [9.17, 15) is 39.6 Å². The molecule has 1 atom stereocenters. The summed E-state index contributed by atoms with van der Waals surface area (Å²) in [6.07, 6.45) is 4.43. The number of fused-ring (bicyclic) bond motifs is 4. The summed E-state index contributed by atoms with van der Waals surface area (Å²) >= 11 is 0. The van der Waals surface area contributed by atoms with E-state index in [1.807, 2.05) is 0 Å². The standard InChI is InChI=1S/C44H28O12/c45-37-23-12-1-5-16-27(23)53-41(49)33(37)31(34-38(46)24-13-2-6-17-28(24)54-42(34)50)21-10-9-11-22(20-21)32(35-39(47)25-14-3-7-18-29(25)55-43(35)51)36-40(48)26-15-4-8-19-30(26)56-44(36)52/h1-3,5-7,9-20,31-32,45-48H,4,8H2. The molecule has 12 heteroatoms. The zero-order valence-electron chi connectivity index (χ0n) is 29.0. The van der Waals surface area contributed by atoms with Gasteiger partial charge in [0, 0.05) is 0 Å². The van der Waals surface area contributed by atoms with Gasteiger partial charge in [0.15, 0.2) is 0 Å². The zero-order chi connectivity index (χ0) is 38.8. The molecule has 4 aromatic carbocycles. The second-order valence-electron chi connectivity index (χ2n) is 13.4. The Balaban J connectivity index is 1.38. The van der Waals surface area contributed by atoms with Crippen LogP contribution >= 0.6 is 0 Å². The third-order valence-corrected chi connectivity index (χ3v) is 10.2. The zero-order valence-corrected chi connectivity index (χ0v) is 29.0. The maximum Gasteiger partial charge on any atom is 0.344 e. The monoisotopic (exact) mass is 748 g/mol. The Hall–Kier alpha value is -7.60. The van der Waals surface area contributed by atoms with Crippen LogP contribution in [0, 0.1) is 0 Å². The molecular weight excluding hydrogens is 720 g/mol. The predicted octanol–water partition coefficient (Wildman–Crippen LogP) is 5.50. The molecule has 0 saturated heterocycles. The van der Waals surface area contributed by atoms with Crippen molar-refractivity contribution in [3.05, 3.63) is 183 Å². The minimum atomic E-state index is -1.59. The third-order valence-electron chi connectivity index (χ3n) is 10.2. The number of para-hydroxylation sites is 3. The number of benzene rings is 4. The molecule has 1 unspecified atom stereocenters. The lowest BCUT2D eigenvalue weighted by Crippen LogP contribution is -2.35. The van der Waals surface area contributed by atoms with Gasteiger partial charge in [-0.25, -0.2) is 19.2 Å². The van der Waals surface area contributed by atoms with Crippen molar-refractivity contribution in [1.29, 1.82) is 0 Å². The summed E-state index contributed by atoms with van der Waals surface area (Å²) in [5.41, 5.74) is -5.29. The van der Waals surface area contributed by atoms with E-state index < -0.39 is 79.6 Å². The van der Waals surface area contributed by atoms with Crippen LogP contribution in [0.1, 0.15) is 58.1 Å². The fourth-order valence-electron chi connectivity index (χ4n) is 7.69. The molecule has 0 spiro atoms. The molecule has 0 bridgehead atoms. The Morgan fingerprint density at radius 1 is 0.429 bits per heavy atom. The molecular formula is C44H28O12. The molecule has 4 heterocycles. The molecule has 0 amide bonds. The highest BCUT2D eigenvalue weighted by atomic mass is 16.4. The van der Waals surface area contributed by atoms with Gasteiger partial charge in [-0.2, -0.15) is 0 Å². The van der Waals surface area contributed by atoms with Gasteiger partial charge in [0.05, 0.1) is 55.5 Å². The highest BCUT2D eigenvalue weighted by Crippen LogP contribution is 2.44. The van der Waals surface area contributed by atoms with Crippen molar-refractivity contribution in [1.82, 2.24) is 0 Å². The van der Waals surface area contributed by atoms with E-state index >= 15 is 0 Å². The lowest BCUT2D eigenvalue weighted by molar-refractivity contribution is 0.406. The van der Waals surface area contributed by atoms with Crippen molar-refractivity contribution in [3.63, 3.8) is 0 Å². The summed E-state index contributed by atoms with van der Waals surface area (Å²) in [6.45, 7) is 0. The summed E-state index contributed by atoms with van der Waals surface area (Å²) in [7, 11) is 0. The molecule has 0 saturated carbocycles. The van der Waals surface area contributed by atoms with Crippen LogP contribution in [0.15, 0.2) is 134 Å². The topological polar surface area (TPSA) is 202 Å². The molecule has 0 aliphatic heterocycles. The molecule has 9 rings (SSSR count). The summed E-state index contributed by atoms with van der Waals surface area (Å²) < 4.78 is 22.6. The van der Waals surface area contributed by atoms with Gasteiger partial charge in [-0.05, 0) is 66.4 Å². The van der Waals surface area contributed by atoms with Crippen LogP contribution < -0.4 is 33.1 Å². The Morgan fingerprint density at radius 2 is 0.804 bits per heavy atom. The van der Waals surface area contributed by atoms with Crippen LogP contribution in [0.4, 0.5) is 0 Å². The van der Waals surface area contributed by atoms with E-state index in [1.165, 1.54) is 60.7 Å². The van der Waals surface area contributed by atoms with Gasteiger partial charge in [-0.15, -0.1) is 0 Å². The average molecular weight is 749 g/mol. The highest BCUT2D eigenvalue weighted by molar-refractivity contribution is 5.87. The number of hydrogen-bond donors (Lipinski definition) is 4. The highest BCUT2D eigenvalue weighted by Gasteiger charge is 2.36. The minimum absolute atomic E-state index is 0.0586. The number of aromatic hydroxyl groups is 4. The Labute approximate surface area is 313 Å². The molecule has 4 N–H and O–H groups in total. The third kappa shape index (κ3) is 5.29. The summed E-state index contributed by atoms with van der Waals surface area (Å²) in [6, 6.07) is 24.6. The molecule has 1 aliphatic rings. The Morgan fingerprint density at radius 3 is 1.25 bits per heavy atom. The van der Waals surface area contributed by atoms with Gasteiger partial charge in [0.1, 0.15) is 45.2 Å². The van der Waals surface area contributed by atoms with Crippen LogP contribution in [0.5, 0.6) is 23.0 Å². The van der Waals surface area contributed by atoms with Crippen molar-refractivity contribution in [2.24, 2.45) is 0 Å². The van der Waals surface area contributed by atoms with Crippen molar-refractivity contribution in [3.8, 4) is 23.0 Å². The second-order valence-corrected chi connectivity index (χ2v) is 13.4. The van der Waals surface area contributed by atoms with Gasteiger partial charge in [-0.3, -0.25) is 0 Å². The smallest absolute Gasteiger partial charge is 0.344 e. The van der Waals surface area contributed by atoms with Crippen molar-refractivity contribution in [2.45, 2.75) is 24.7 Å². The van der Waals surface area contributed by atoms with Crippen LogP contribution in [-0.4, -0.2) is 20.4 Å². The van der Waals surface area contributed by atoms with Crippen molar-refractivity contribution in [2.75, 3.05) is 0 Å². The maximum absolute atomic E-state index is 13.9. The first kappa shape index (κ1) is 34.2. The molecule has 1 aliphatic carbocycles. The second kappa shape index (κ2) is 13.1. The van der Waals surface area contributed by atoms with Crippen molar-refractivity contribution >= 4 is 45.1 Å². The molecule has 0 radical (unpaired) electrons. The first-order valence-corrected chi connectivity index (χ1v) is 17.5. The van der Waals surface area contributed by atoms with E-state index in [0.29, 0.717) is 12.8 Å². The van der Waals surface area contributed by atoms with Gasteiger partial charge >= 0.3 is 22.5 Å². The molecule has 8 aromatic rings. The van der Waals surface area contributed by atoms with E-state index in [1.54, 1.807) is 48.6 Å². The van der Waals surface area contributed by atoms with Gasteiger partial charge in [-0.1, -0.05) is 66.7 Å². The first-order chi connectivity index (χ1) is 27.1. The van der Waals surface area contributed by atoms with Gasteiger partial charge in [0.2, 0.25) is 0 Å². The normalized spacial score (nSPS) is 13.1. The first-order valence-electron chi connectivity index (χ1n) is 17.5. The predicted molar refractivity (Wildman–Crippen MR) is 205 cm³/mol. The Bertz CT molecular complexity index is 3210. The molecule has 56 heavy (non-hydrogen) atoms. The molecule has 4 aromatic heterocycles. The van der Waals surface area contributed by atoms with E-state index in [-0.39, 0.29) is 54.7 Å². The number of rotatable bonds is 6. The number of hydrogen-bond acceptors (Lipinski definition) is 12. The maximum atomic E-state index is 13.9. The van der Waals surface area contributed by atoms with Gasteiger partial charge in [0.25, 0.3) is 0 Å². The molecule has 276 valence electrons. The summed E-state index contributed by atoms with van der Waals surface area (Å²) in [4.78, 5) is 55.7. The van der Waals surface area contributed by atoms with Crippen LogP contribution in [0.25, 0.3) is 45.1 Å². The van der Waals surface area contributed by atoms with E-state index in [2.05, 4.69) is 0 Å². The van der Waals surface area contributed by atoms with Gasteiger partial charge < -0.3 is 38.1 Å². The van der Waals surface area contributed by atoms with Crippen LogP contribution in [0.3, 0.4) is 0 Å². The lowest BCUT2D eigenvalue weighted by atomic mass is 9.80. The molecule has 0 fully saturated rings. The van der Waals surface area contributed by atoms with Crippen molar-refractivity contribution < 1.29 is 38.1 Å². The average Bonchev–Trinajstić information content (AvgIpc) is 3.19. The van der Waals surface area contributed by atoms with E-state index in [4.69, 9.17) is 17.7 Å². The molecule has 12 nitrogen and oxygen atoms in total. The minimum Gasteiger partial charge on any atom is -0.507 e. The SMILES string of the molecule is O=c1oc2c(c(O)c1C(c1cccc(C(c3c(O)c4ccccc4oc3=O)c3c(O)c4ccccc4oc3=O)c1)c1c(O)c3ccccc3oc1=O)=CCCC=2. The van der Waals surface area contributed by atoms with Crippen LogP contribution in [-0.2, 0) is 0 Å². The summed E-state index contributed by atoms with van der Waals surface area (Å²) in [5.74, 6) is -5.26. The fraction of sp³-hybridized carbons (Fsp3) is 0.0909. The van der Waals surface area contributed by atoms with E-state index in [0.717, 1.165) is 0 Å². The fourth-order valence-corrected chi connectivity index (χ4v) is 7.69. The quantitative estimate of drug-likeness (QED) is 0.156. The Kier molecular flexibility index (Phi) is 7.97.